The number of rotatable bonds is 6. The largest absolute Gasteiger partial charge is 0.534 e. The molecule has 14 heteroatoms. The van der Waals surface area contributed by atoms with Crippen LogP contribution in [0.15, 0.2) is 65.7 Å². The number of halogens is 4. The molecule has 0 fully saturated rings. The van der Waals surface area contributed by atoms with Crippen LogP contribution in [-0.4, -0.2) is 52.8 Å². The fraction of sp³-hybridized carbons (Fsp3) is 0.227. The van der Waals surface area contributed by atoms with Gasteiger partial charge >= 0.3 is 21.3 Å². The Hall–Kier alpha value is -3.78. The summed E-state index contributed by atoms with van der Waals surface area (Å²) in [5.41, 5.74) is -4.48. The molecule has 0 unspecified atom stereocenters. The summed E-state index contributed by atoms with van der Waals surface area (Å²) in [6, 6.07) is 10.4. The highest BCUT2D eigenvalue weighted by atomic mass is 32.2. The number of β-amino-alcohol motifs (C(OH)–C–C–N with tert-alkyl or cyclic N) is 1. The summed E-state index contributed by atoms with van der Waals surface area (Å²) in [6.07, 6.45) is 2.05. The van der Waals surface area contributed by atoms with E-state index in [0.29, 0.717) is 23.2 Å². The molecule has 1 atom stereocenters. The molecule has 0 bridgehead atoms. The maximum Gasteiger partial charge on any atom is 0.534 e. The molecule has 4 rings (SSSR count). The van der Waals surface area contributed by atoms with Crippen LogP contribution in [0.3, 0.4) is 0 Å². The molecule has 0 spiro atoms. The van der Waals surface area contributed by atoms with Crippen LogP contribution >= 0.6 is 0 Å². The van der Waals surface area contributed by atoms with Crippen molar-refractivity contribution in [2.24, 2.45) is 0 Å². The van der Waals surface area contributed by atoms with Crippen LogP contribution < -0.4 is 14.8 Å². The number of aromatic nitrogens is 3. The van der Waals surface area contributed by atoms with Gasteiger partial charge in [-0.15, -0.1) is 0 Å². The average Bonchev–Trinajstić information content (AvgIpc) is 2.81. The van der Waals surface area contributed by atoms with Crippen LogP contribution in [0.25, 0.3) is 5.57 Å². The summed E-state index contributed by atoms with van der Waals surface area (Å²) in [4.78, 5) is 22.2. The van der Waals surface area contributed by atoms with Crippen LogP contribution in [0.2, 0.25) is 0 Å². The molecule has 3 aromatic rings. The lowest BCUT2D eigenvalue weighted by atomic mass is 9.97. The first kappa shape index (κ1) is 25.3. The van der Waals surface area contributed by atoms with E-state index in [2.05, 4.69) is 14.2 Å². The molecule has 2 heterocycles. The smallest absolute Gasteiger partial charge is 0.387 e. The molecule has 190 valence electrons. The van der Waals surface area contributed by atoms with Gasteiger partial charge in [-0.2, -0.15) is 26.6 Å². The van der Waals surface area contributed by atoms with Crippen LogP contribution in [0.5, 0.6) is 5.75 Å². The van der Waals surface area contributed by atoms with Crippen molar-refractivity contribution in [2.75, 3.05) is 18.0 Å². The highest BCUT2D eigenvalue weighted by Gasteiger charge is 2.48. The minimum Gasteiger partial charge on any atom is -0.387 e. The van der Waals surface area contributed by atoms with Crippen molar-refractivity contribution in [3.8, 4) is 5.75 Å². The second kappa shape index (κ2) is 9.70. The number of hydrogen-bond donors (Lipinski definition) is 1. The Balaban J connectivity index is 1.44. The van der Waals surface area contributed by atoms with Crippen LogP contribution in [0.1, 0.15) is 11.1 Å². The van der Waals surface area contributed by atoms with E-state index in [1.165, 1.54) is 30.6 Å². The van der Waals surface area contributed by atoms with E-state index in [1.807, 2.05) is 0 Å². The second-order valence-corrected chi connectivity index (χ2v) is 9.32. The third-order valence-corrected chi connectivity index (χ3v) is 6.24. The fourth-order valence-electron chi connectivity index (χ4n) is 3.47. The van der Waals surface area contributed by atoms with Crippen molar-refractivity contribution < 1.29 is 35.3 Å². The molecule has 9 nitrogen and oxygen atoms in total. The first-order valence-corrected chi connectivity index (χ1v) is 11.8. The first-order valence-electron chi connectivity index (χ1n) is 10.3. The van der Waals surface area contributed by atoms with E-state index in [0.717, 1.165) is 16.7 Å². The standard InChI is InChI=1S/C22H18F4N4O5S/c23-16-5-3-15(4-6-16)18-9-10-29(12-19(18)31)20-27-13-30(21(32)28-20)11-14-1-7-17(8-2-14)35-36(33,34)22(24,25)26/h1-9,13,19,31H,10-12H2/t19-/m0/s1. The average molecular weight is 526 g/mol. The van der Waals surface area contributed by atoms with Gasteiger partial charge in [-0.25, -0.2) is 14.2 Å². The second-order valence-electron chi connectivity index (χ2n) is 7.78. The maximum absolute atomic E-state index is 13.2. The van der Waals surface area contributed by atoms with Gasteiger partial charge in [0.05, 0.1) is 19.2 Å². The van der Waals surface area contributed by atoms with E-state index >= 15 is 0 Å². The minimum atomic E-state index is -5.79. The summed E-state index contributed by atoms with van der Waals surface area (Å²) in [7, 11) is -5.79. The predicted octanol–water partition coefficient (Wildman–Crippen LogP) is 2.32. The molecule has 0 saturated carbocycles. The Morgan fingerprint density at radius 2 is 1.75 bits per heavy atom. The normalized spacial score (nSPS) is 16.5. The lowest BCUT2D eigenvalue weighted by Crippen LogP contribution is -2.40. The molecular formula is C22H18F4N4O5S. The van der Waals surface area contributed by atoms with Gasteiger partial charge in [0.15, 0.2) is 0 Å². The van der Waals surface area contributed by atoms with E-state index in [9.17, 15) is 35.9 Å². The van der Waals surface area contributed by atoms with Crippen molar-refractivity contribution >= 4 is 21.6 Å². The van der Waals surface area contributed by atoms with E-state index in [4.69, 9.17) is 0 Å². The van der Waals surface area contributed by atoms with Gasteiger partial charge in [0.25, 0.3) is 0 Å². The van der Waals surface area contributed by atoms with Crippen molar-refractivity contribution in [1.29, 1.82) is 0 Å². The molecule has 0 saturated heterocycles. The lowest BCUT2D eigenvalue weighted by molar-refractivity contribution is -0.0500. The van der Waals surface area contributed by atoms with Gasteiger partial charge in [0.1, 0.15) is 17.9 Å². The Bertz CT molecular complexity index is 1440. The predicted molar refractivity (Wildman–Crippen MR) is 120 cm³/mol. The van der Waals surface area contributed by atoms with Crippen molar-refractivity contribution in [3.05, 3.63) is 88.4 Å². The van der Waals surface area contributed by atoms with E-state index in [1.54, 1.807) is 23.1 Å². The Morgan fingerprint density at radius 3 is 2.33 bits per heavy atom. The molecule has 1 aromatic heterocycles. The fourth-order valence-corrected chi connectivity index (χ4v) is 3.93. The van der Waals surface area contributed by atoms with Gasteiger partial charge in [0.2, 0.25) is 5.95 Å². The molecule has 1 N–H and O–H groups in total. The zero-order valence-electron chi connectivity index (χ0n) is 18.3. The lowest BCUT2D eigenvalue weighted by Gasteiger charge is -2.30. The molecule has 0 aliphatic carbocycles. The van der Waals surface area contributed by atoms with Crippen molar-refractivity contribution in [2.45, 2.75) is 18.2 Å². The Morgan fingerprint density at radius 1 is 1.08 bits per heavy atom. The number of anilines is 1. The molecule has 1 aliphatic heterocycles. The molecular weight excluding hydrogens is 508 g/mol. The SMILES string of the molecule is O=c1nc(N2CC=C(c3ccc(F)cc3)[C@@H](O)C2)ncn1Cc1ccc(OS(=O)(=O)C(F)(F)F)cc1. The maximum atomic E-state index is 13.2. The third kappa shape index (κ3) is 5.54. The summed E-state index contributed by atoms with van der Waals surface area (Å²) in [5, 5.41) is 10.5. The van der Waals surface area contributed by atoms with Crippen LogP contribution in [-0.2, 0) is 16.7 Å². The number of aliphatic hydroxyl groups excluding tert-OH is 1. The van der Waals surface area contributed by atoms with Crippen LogP contribution in [0, 0.1) is 5.82 Å². The van der Waals surface area contributed by atoms with E-state index in [-0.39, 0.29) is 24.9 Å². The quantitative estimate of drug-likeness (QED) is 0.296. The molecule has 1 aliphatic rings. The van der Waals surface area contributed by atoms with Crippen LogP contribution in [0.4, 0.5) is 23.5 Å². The van der Waals surface area contributed by atoms with Gasteiger partial charge in [-0.3, -0.25) is 4.57 Å². The van der Waals surface area contributed by atoms with E-state index < -0.39 is 33.2 Å². The van der Waals surface area contributed by atoms with Crippen molar-refractivity contribution in [3.63, 3.8) is 0 Å². The number of aliphatic hydroxyl groups is 1. The minimum absolute atomic E-state index is 0.0390. The Kier molecular flexibility index (Phi) is 6.82. The number of nitrogens with zero attached hydrogens (tertiary/aromatic N) is 4. The van der Waals surface area contributed by atoms with Gasteiger partial charge < -0.3 is 14.2 Å². The van der Waals surface area contributed by atoms with Gasteiger partial charge in [0, 0.05) is 6.54 Å². The van der Waals surface area contributed by atoms with Crippen molar-refractivity contribution in [1.82, 2.24) is 14.5 Å². The monoisotopic (exact) mass is 526 g/mol. The summed E-state index contributed by atoms with van der Waals surface area (Å²) in [6.45, 7) is 0.368. The molecule has 36 heavy (non-hydrogen) atoms. The molecule has 0 radical (unpaired) electrons. The van der Waals surface area contributed by atoms with Gasteiger partial charge in [-0.1, -0.05) is 30.3 Å². The summed E-state index contributed by atoms with van der Waals surface area (Å²) < 4.78 is 77.8. The topological polar surface area (TPSA) is 115 Å². The molecule has 2 aromatic carbocycles. The number of alkyl halides is 3. The highest BCUT2D eigenvalue weighted by molar-refractivity contribution is 7.88. The number of benzene rings is 2. The zero-order valence-corrected chi connectivity index (χ0v) is 19.1. The third-order valence-electron chi connectivity index (χ3n) is 5.26. The summed E-state index contributed by atoms with van der Waals surface area (Å²) >= 11 is 0. The van der Waals surface area contributed by atoms with Gasteiger partial charge in [-0.05, 0) is 41.0 Å². The summed E-state index contributed by atoms with van der Waals surface area (Å²) in [5.74, 6) is -0.837. The Labute approximate surface area is 202 Å². The zero-order chi connectivity index (χ0) is 26.1. The first-order chi connectivity index (χ1) is 16.9. The number of hydrogen-bond acceptors (Lipinski definition) is 8. The highest BCUT2D eigenvalue weighted by Crippen LogP contribution is 2.27. The molecule has 0 amide bonds.